The number of aryl methyl sites for hydroxylation is 1. The minimum atomic E-state index is -3.58. The average molecular weight is 538 g/mol. The summed E-state index contributed by atoms with van der Waals surface area (Å²) in [4.78, 5) is 27.2. The number of nitrogens with one attached hydrogen (secondary N) is 1. The minimum Gasteiger partial charge on any atom is -0.494 e. The summed E-state index contributed by atoms with van der Waals surface area (Å²) in [5, 5.41) is 2.81. The van der Waals surface area contributed by atoms with Gasteiger partial charge in [0, 0.05) is 31.9 Å². The topological polar surface area (TPSA) is 105 Å². The molecule has 0 saturated heterocycles. The monoisotopic (exact) mass is 537 g/mol. The molecule has 200 valence electrons. The third-order valence-electron chi connectivity index (χ3n) is 6.12. The Morgan fingerprint density at radius 1 is 1.03 bits per heavy atom. The van der Waals surface area contributed by atoms with E-state index in [4.69, 9.17) is 9.47 Å². The van der Waals surface area contributed by atoms with Crippen LogP contribution < -0.4 is 19.7 Å². The molecule has 1 heterocycles. The molecular weight excluding hydrogens is 506 g/mol. The quantitative estimate of drug-likeness (QED) is 0.391. The van der Waals surface area contributed by atoms with Gasteiger partial charge in [0.15, 0.2) is 6.61 Å². The second-order valence-electron chi connectivity index (χ2n) is 9.15. The van der Waals surface area contributed by atoms with Crippen LogP contribution in [-0.2, 0) is 14.8 Å². The molecule has 10 heteroatoms. The van der Waals surface area contributed by atoms with Gasteiger partial charge in [-0.05, 0) is 74.4 Å². The van der Waals surface area contributed by atoms with Crippen LogP contribution in [0.2, 0.25) is 0 Å². The Labute approximate surface area is 223 Å². The number of fused-ring (bicyclic) bond motifs is 1. The van der Waals surface area contributed by atoms with Crippen LogP contribution in [0.1, 0.15) is 28.8 Å². The lowest BCUT2D eigenvalue weighted by Gasteiger charge is -2.30. The molecule has 0 atom stereocenters. The molecule has 38 heavy (non-hydrogen) atoms. The molecule has 1 N–H and O–H groups in total. The van der Waals surface area contributed by atoms with E-state index < -0.39 is 15.9 Å². The summed E-state index contributed by atoms with van der Waals surface area (Å²) in [5.74, 6) is 0.828. The molecular formula is C28H31N3O6S. The van der Waals surface area contributed by atoms with Crippen molar-refractivity contribution in [3.8, 4) is 11.5 Å². The van der Waals surface area contributed by atoms with Crippen LogP contribution in [0.4, 0.5) is 11.4 Å². The second kappa shape index (κ2) is 11.7. The Bertz CT molecular complexity index is 1400. The van der Waals surface area contributed by atoms with E-state index in [0.29, 0.717) is 35.8 Å². The van der Waals surface area contributed by atoms with E-state index in [0.717, 1.165) is 22.9 Å². The van der Waals surface area contributed by atoms with Crippen LogP contribution in [0.25, 0.3) is 0 Å². The Morgan fingerprint density at radius 2 is 1.74 bits per heavy atom. The molecule has 1 aliphatic rings. The van der Waals surface area contributed by atoms with E-state index in [1.807, 2.05) is 31.2 Å². The van der Waals surface area contributed by atoms with Crippen LogP contribution in [0.3, 0.4) is 0 Å². The molecule has 3 aromatic carbocycles. The number of hydrogen-bond donors (Lipinski definition) is 1. The fraction of sp³-hybridized carbons (Fsp3) is 0.286. The Hall–Kier alpha value is -3.89. The maximum Gasteiger partial charge on any atom is 0.265 e. The molecule has 0 saturated carbocycles. The zero-order valence-electron chi connectivity index (χ0n) is 21.6. The molecule has 0 fully saturated rings. The summed E-state index contributed by atoms with van der Waals surface area (Å²) in [6.45, 7) is 3.02. The molecule has 0 aliphatic carbocycles. The summed E-state index contributed by atoms with van der Waals surface area (Å²) < 4.78 is 37.0. The van der Waals surface area contributed by atoms with Crippen LogP contribution in [0.15, 0.2) is 71.6 Å². The zero-order chi connectivity index (χ0) is 27.3. The van der Waals surface area contributed by atoms with Gasteiger partial charge in [0.1, 0.15) is 11.5 Å². The van der Waals surface area contributed by atoms with E-state index in [1.54, 1.807) is 23.1 Å². The lowest BCUT2D eigenvalue weighted by atomic mass is 10.1. The SMILES string of the molecule is Cc1ccc(OCCCCN2C(=O)COc3ccc(NC(=O)c4ccc(S(=O)(=O)N(C)C)cc4)cc32)cc1. The largest absolute Gasteiger partial charge is 0.494 e. The van der Waals surface area contributed by atoms with Gasteiger partial charge < -0.3 is 19.7 Å². The number of amides is 2. The summed E-state index contributed by atoms with van der Waals surface area (Å²) in [6.07, 6.45) is 1.50. The van der Waals surface area contributed by atoms with Crippen molar-refractivity contribution in [2.24, 2.45) is 0 Å². The van der Waals surface area contributed by atoms with Gasteiger partial charge in [0.2, 0.25) is 10.0 Å². The van der Waals surface area contributed by atoms with Crippen LogP contribution in [0.5, 0.6) is 11.5 Å². The van der Waals surface area contributed by atoms with Gasteiger partial charge >= 0.3 is 0 Å². The molecule has 3 aromatic rings. The van der Waals surface area contributed by atoms with Gasteiger partial charge in [-0.1, -0.05) is 17.7 Å². The van der Waals surface area contributed by atoms with Crippen molar-refractivity contribution in [1.29, 1.82) is 0 Å². The molecule has 0 unspecified atom stereocenters. The molecule has 1 aliphatic heterocycles. The smallest absolute Gasteiger partial charge is 0.265 e. The van der Waals surface area contributed by atoms with Crippen molar-refractivity contribution in [3.05, 3.63) is 77.9 Å². The number of benzene rings is 3. The van der Waals surface area contributed by atoms with Crippen LogP contribution >= 0.6 is 0 Å². The maximum absolute atomic E-state index is 12.8. The average Bonchev–Trinajstić information content (AvgIpc) is 2.90. The third kappa shape index (κ3) is 6.32. The lowest BCUT2D eigenvalue weighted by molar-refractivity contribution is -0.121. The molecule has 4 rings (SSSR count). The first-order valence-electron chi connectivity index (χ1n) is 12.3. The van der Waals surface area contributed by atoms with Crippen molar-refractivity contribution in [1.82, 2.24) is 4.31 Å². The number of nitrogens with zero attached hydrogens (tertiary/aromatic N) is 2. The number of anilines is 2. The van der Waals surface area contributed by atoms with Crippen molar-refractivity contribution in [2.45, 2.75) is 24.7 Å². The Kier molecular flexibility index (Phi) is 8.33. The van der Waals surface area contributed by atoms with E-state index in [9.17, 15) is 18.0 Å². The fourth-order valence-corrected chi connectivity index (χ4v) is 4.82. The fourth-order valence-electron chi connectivity index (χ4n) is 3.91. The first-order valence-corrected chi connectivity index (χ1v) is 13.7. The van der Waals surface area contributed by atoms with Crippen molar-refractivity contribution in [2.75, 3.05) is 44.1 Å². The Balaban J connectivity index is 1.38. The van der Waals surface area contributed by atoms with Gasteiger partial charge in [-0.25, -0.2) is 12.7 Å². The summed E-state index contributed by atoms with van der Waals surface area (Å²) in [5.41, 5.74) is 2.56. The van der Waals surface area contributed by atoms with Crippen LogP contribution in [-0.4, -0.2) is 58.4 Å². The van der Waals surface area contributed by atoms with E-state index in [1.165, 1.54) is 43.9 Å². The molecule has 0 radical (unpaired) electrons. The lowest BCUT2D eigenvalue weighted by Crippen LogP contribution is -2.39. The predicted molar refractivity (Wildman–Crippen MR) is 145 cm³/mol. The number of ether oxygens (including phenoxy) is 2. The van der Waals surface area contributed by atoms with E-state index in [-0.39, 0.29) is 17.4 Å². The van der Waals surface area contributed by atoms with Gasteiger partial charge in [0.05, 0.1) is 17.2 Å². The number of rotatable bonds is 10. The number of carbonyl (C=O) groups excluding carboxylic acids is 2. The number of carbonyl (C=O) groups is 2. The first-order chi connectivity index (χ1) is 18.1. The number of sulfonamides is 1. The molecule has 0 spiro atoms. The standard InChI is InChI=1S/C28H31N3O6S/c1-20-6-11-23(12-7-20)36-17-5-4-16-31-25-18-22(10-15-26(25)37-19-27(31)32)29-28(33)21-8-13-24(14-9-21)38(34,35)30(2)3/h6-15,18H,4-5,16-17,19H2,1-3H3,(H,29,33). The molecule has 0 bridgehead atoms. The normalized spacial score (nSPS) is 13.2. The highest BCUT2D eigenvalue weighted by atomic mass is 32.2. The Morgan fingerprint density at radius 3 is 2.42 bits per heavy atom. The second-order valence-corrected chi connectivity index (χ2v) is 11.3. The highest BCUT2D eigenvalue weighted by molar-refractivity contribution is 7.89. The molecule has 2 amide bonds. The third-order valence-corrected chi connectivity index (χ3v) is 7.95. The first kappa shape index (κ1) is 27.2. The van der Waals surface area contributed by atoms with Gasteiger partial charge in [0.25, 0.3) is 11.8 Å². The van der Waals surface area contributed by atoms with Gasteiger partial charge in [-0.3, -0.25) is 9.59 Å². The molecule has 9 nitrogen and oxygen atoms in total. The maximum atomic E-state index is 12.8. The number of hydrogen-bond acceptors (Lipinski definition) is 6. The van der Waals surface area contributed by atoms with Crippen LogP contribution in [0, 0.1) is 6.92 Å². The summed E-state index contributed by atoms with van der Waals surface area (Å²) in [7, 11) is -0.690. The van der Waals surface area contributed by atoms with Crippen molar-refractivity contribution in [3.63, 3.8) is 0 Å². The zero-order valence-corrected chi connectivity index (χ0v) is 22.5. The van der Waals surface area contributed by atoms with Gasteiger partial charge in [-0.2, -0.15) is 0 Å². The number of unbranched alkanes of at least 4 members (excludes halogenated alkanes) is 1. The van der Waals surface area contributed by atoms with Gasteiger partial charge in [-0.15, -0.1) is 0 Å². The highest BCUT2D eigenvalue weighted by Crippen LogP contribution is 2.35. The summed E-state index contributed by atoms with van der Waals surface area (Å²) >= 11 is 0. The highest BCUT2D eigenvalue weighted by Gasteiger charge is 2.26. The van der Waals surface area contributed by atoms with E-state index in [2.05, 4.69) is 5.32 Å². The van der Waals surface area contributed by atoms with Crippen molar-refractivity contribution >= 4 is 33.2 Å². The minimum absolute atomic E-state index is 0.0409. The van der Waals surface area contributed by atoms with E-state index >= 15 is 0 Å². The predicted octanol–water partition coefficient (Wildman–Crippen LogP) is 4.08. The molecule has 0 aromatic heterocycles. The summed E-state index contributed by atoms with van der Waals surface area (Å²) in [6, 6.07) is 18.7. The van der Waals surface area contributed by atoms with Crippen molar-refractivity contribution < 1.29 is 27.5 Å².